The summed E-state index contributed by atoms with van der Waals surface area (Å²) in [5.41, 5.74) is 20.6. The third-order valence-electron chi connectivity index (χ3n) is 22.1. The normalized spacial score (nSPS) is 20.0. The minimum atomic E-state index is -4.17. The lowest BCUT2D eigenvalue weighted by Gasteiger charge is -2.28. The van der Waals surface area contributed by atoms with Crippen LogP contribution in [0.3, 0.4) is 0 Å². The van der Waals surface area contributed by atoms with E-state index in [0.717, 1.165) is 183 Å². The van der Waals surface area contributed by atoms with Gasteiger partial charge >= 0.3 is 0 Å². The van der Waals surface area contributed by atoms with Crippen molar-refractivity contribution >= 4 is 99.4 Å². The molecule has 0 spiro atoms. The van der Waals surface area contributed by atoms with Crippen LogP contribution in [0.15, 0.2) is 225 Å². The van der Waals surface area contributed by atoms with Crippen LogP contribution in [0.4, 0.5) is 11.4 Å². The molecule has 0 saturated carbocycles. The first-order valence-electron chi connectivity index (χ1n) is 38.0. The number of hydrogen-bond donors (Lipinski definition) is 6. The molecule has 21 heteroatoms. The van der Waals surface area contributed by atoms with Crippen LogP contribution in [0.1, 0.15) is 163 Å². The Bertz CT molecular complexity index is 5030. The number of fused-ring (bicyclic) bond motifs is 7. The van der Waals surface area contributed by atoms with E-state index in [4.69, 9.17) is 31.3 Å². The first kappa shape index (κ1) is 79.4. The van der Waals surface area contributed by atoms with E-state index >= 15 is 0 Å². The van der Waals surface area contributed by atoms with Crippen LogP contribution < -0.4 is 20.9 Å². The predicted octanol–water partition coefficient (Wildman–Crippen LogP) is 17.5. The number of nitrogens with zero attached hydrogens (tertiary/aromatic N) is 5. The molecular formula is C86H104ClN8O10S2+. The van der Waals surface area contributed by atoms with E-state index in [1.165, 1.54) is 0 Å². The van der Waals surface area contributed by atoms with Gasteiger partial charge in [-0.2, -0.15) is 21.4 Å². The van der Waals surface area contributed by atoms with Crippen molar-refractivity contribution in [1.82, 2.24) is 16.0 Å². The molecule has 4 aromatic carbocycles. The van der Waals surface area contributed by atoms with Gasteiger partial charge in [0.25, 0.3) is 20.2 Å². The summed E-state index contributed by atoms with van der Waals surface area (Å²) in [7, 11) is -8.33. The molecule has 18 nitrogen and oxygen atoms in total. The Morgan fingerprint density at radius 1 is 0.776 bits per heavy atom. The Kier molecular flexibility index (Phi) is 25.8. The van der Waals surface area contributed by atoms with Crippen LogP contribution in [0.5, 0.6) is 0 Å². The fourth-order valence-corrected chi connectivity index (χ4v) is 17.4. The number of amides is 2. The number of aliphatic hydroxyl groups excluding tert-OH is 1. The molecule has 2 amide bonds. The summed E-state index contributed by atoms with van der Waals surface area (Å²) < 4.78 is 75.3. The van der Waals surface area contributed by atoms with Crippen LogP contribution in [0, 0.1) is 31.6 Å². The Hall–Kier alpha value is -8.63. The highest BCUT2D eigenvalue weighted by Crippen LogP contribution is 2.47. The minimum Gasteiger partial charge on any atom is -0.511 e. The minimum absolute atomic E-state index is 0.0875. The van der Waals surface area contributed by atoms with Gasteiger partial charge in [0, 0.05) is 132 Å². The SMILES string of the molecule is CCCCCCOC(C)C1=C(C)C2=NC1=CC1=NC(=CC3=C(C)C4=C(O)CC(=C5NC(=C2)[C@@H](C)[C@@H]5CCC(=O)NCCNC(=O)C2CC(/C=C/C(C)=[N+](CCCCS(=O)(=O)O)c5ccc6ccccc6c5C)=C(Cl)C(=C/C=C(\C)N(CCCCS(=O)(=O)O)c5ccc6ccccc6c5C)/C2)C4=N3)C(CC)=C1C. The van der Waals surface area contributed by atoms with Gasteiger partial charge in [-0.1, -0.05) is 118 Å². The number of unbranched alkanes of at least 4 members (excludes halogenated alkanes) is 5. The van der Waals surface area contributed by atoms with E-state index < -0.39 is 26.2 Å². The molecule has 2 aliphatic carbocycles. The highest BCUT2D eigenvalue weighted by Gasteiger charge is 2.42. The molecule has 5 aliphatic heterocycles. The molecule has 6 N–H and O–H groups in total. The lowest BCUT2D eigenvalue weighted by atomic mass is 9.84. The number of nitrogens with one attached hydrogen (secondary N) is 3. The van der Waals surface area contributed by atoms with Gasteiger partial charge in [0.05, 0.1) is 51.8 Å². The van der Waals surface area contributed by atoms with Gasteiger partial charge in [-0.15, -0.1) is 0 Å². The number of ether oxygens (including phenoxy) is 1. The van der Waals surface area contributed by atoms with Crippen LogP contribution in [-0.4, -0.2) is 121 Å². The summed E-state index contributed by atoms with van der Waals surface area (Å²) in [6, 6.07) is 24.5. The van der Waals surface area contributed by atoms with Gasteiger partial charge < -0.3 is 30.7 Å². The average molecular weight is 1510 g/mol. The molecule has 4 atom stereocenters. The maximum atomic E-state index is 14.7. The van der Waals surface area contributed by atoms with Gasteiger partial charge in [0.2, 0.25) is 17.5 Å². The number of carbonyl (C=O) groups is 2. The highest BCUT2D eigenvalue weighted by molar-refractivity contribution is 7.86. The van der Waals surface area contributed by atoms with E-state index in [2.05, 4.69) is 141 Å². The zero-order chi connectivity index (χ0) is 76.6. The number of aliphatic hydroxyl groups is 1. The number of allylic oxidation sites excluding steroid dienone is 19. The zero-order valence-corrected chi connectivity index (χ0v) is 66.1. The molecule has 1 saturated heterocycles. The summed E-state index contributed by atoms with van der Waals surface area (Å²) in [5, 5.41) is 26.7. The summed E-state index contributed by atoms with van der Waals surface area (Å²) in [6.45, 7) is 24.8. The molecule has 11 rings (SSSR count). The standard InChI is InChI=1S/C86H103ClN8O10S2/c1-12-14-15-22-43-105-60(11)81-58(9)73-49-72-55(6)69(84(92-72)70-48-79(96)82-59(10)74(93-85(70)82)50-75-66(13-2)54(5)71(90-75)51-76(81)91-73)35-38-80(97)88-39-40-89-86(98)65-46-63(31-29-52(3)94(41-20-23-44-106(99,100)101)77-36-33-61-25-16-18-27-67(61)56(77)7)83(87)64(47-65)32-30-53(4)95(42-21-24-45-107(102,103)104)78-37-34-62-26-17-19-28-68(62)57(78)8/h16-19,25-34,36-37,49-51,55,60,65,69H,12-15,20-24,35,38-48H2,1-11H3,(H5-,88,89,90,91,92,93,96,97,98,99,100,101,102,103,104)/p+1/t55-,60?,69-/m0/s1. The summed E-state index contributed by atoms with van der Waals surface area (Å²) >= 11 is 7.53. The van der Waals surface area contributed by atoms with E-state index in [-0.39, 0.29) is 79.4 Å². The van der Waals surface area contributed by atoms with E-state index in [9.17, 15) is 40.6 Å². The van der Waals surface area contributed by atoms with Crippen molar-refractivity contribution in [3.63, 3.8) is 0 Å². The summed E-state index contributed by atoms with van der Waals surface area (Å²) in [5.74, 6) is -1.68. The number of hydrogen-bond acceptors (Lipinski definition) is 13. The highest BCUT2D eigenvalue weighted by atomic mass is 35.5. The number of aliphatic imine (C=N–C) groups is 3. The maximum Gasteiger partial charge on any atom is 0.264 e. The maximum absolute atomic E-state index is 14.7. The molecule has 1 fully saturated rings. The van der Waals surface area contributed by atoms with Gasteiger partial charge in [-0.25, -0.2) is 15.0 Å². The largest absolute Gasteiger partial charge is 0.511 e. The van der Waals surface area contributed by atoms with Crippen molar-refractivity contribution in [2.24, 2.45) is 32.7 Å². The third-order valence-corrected chi connectivity index (χ3v) is 24.2. The summed E-state index contributed by atoms with van der Waals surface area (Å²) in [4.78, 5) is 47.0. The van der Waals surface area contributed by atoms with Crippen molar-refractivity contribution in [2.45, 2.75) is 172 Å². The van der Waals surface area contributed by atoms with Crippen molar-refractivity contribution in [1.29, 1.82) is 0 Å². The van der Waals surface area contributed by atoms with Crippen molar-refractivity contribution in [3.05, 3.63) is 222 Å². The Morgan fingerprint density at radius 2 is 1.45 bits per heavy atom. The topological polar surface area (TPSA) is 252 Å². The second kappa shape index (κ2) is 34.7. The van der Waals surface area contributed by atoms with Crippen LogP contribution in [-0.2, 0) is 34.6 Å². The smallest absolute Gasteiger partial charge is 0.264 e. The number of carbonyl (C=O) groups excluding carboxylic acids is 2. The van der Waals surface area contributed by atoms with E-state index in [0.29, 0.717) is 63.3 Å². The molecule has 0 radical (unpaired) electrons. The first-order chi connectivity index (χ1) is 51.1. The molecular weight excluding hydrogens is 1400 g/mol. The fourth-order valence-electron chi connectivity index (χ4n) is 16.0. The average Bonchev–Trinajstić information content (AvgIpc) is 1.59. The molecule has 8 bridgehead atoms. The Balaban J connectivity index is 0.846. The molecule has 566 valence electrons. The third kappa shape index (κ3) is 18.6. The zero-order valence-electron chi connectivity index (χ0n) is 63.8. The molecule has 4 aromatic rings. The Morgan fingerprint density at radius 3 is 2.16 bits per heavy atom. The molecule has 5 heterocycles. The lowest BCUT2D eigenvalue weighted by Crippen LogP contribution is -2.38. The Labute approximate surface area is 637 Å². The monoisotopic (exact) mass is 1510 g/mol. The van der Waals surface area contributed by atoms with Gasteiger partial charge in [-0.3, -0.25) is 18.7 Å². The van der Waals surface area contributed by atoms with Crippen molar-refractivity contribution < 1.29 is 49.9 Å². The second-order valence-electron chi connectivity index (χ2n) is 29.4. The molecule has 107 heavy (non-hydrogen) atoms. The van der Waals surface area contributed by atoms with Gasteiger partial charge in [0.15, 0.2) is 5.71 Å². The number of benzene rings is 4. The summed E-state index contributed by atoms with van der Waals surface area (Å²) in [6.07, 6.45) is 22.0. The van der Waals surface area contributed by atoms with Gasteiger partial charge in [-0.05, 0) is 197 Å². The van der Waals surface area contributed by atoms with Crippen LogP contribution in [0.25, 0.3) is 21.5 Å². The van der Waals surface area contributed by atoms with E-state index in [1.54, 1.807) is 0 Å². The van der Waals surface area contributed by atoms with Crippen molar-refractivity contribution in [2.75, 3.05) is 49.2 Å². The predicted molar refractivity (Wildman–Crippen MR) is 435 cm³/mol. The quantitative estimate of drug-likeness (QED) is 0.0119. The number of aryl methyl sites for hydroxylation is 2. The number of halogens is 1. The number of rotatable bonds is 31. The molecule has 7 aliphatic rings. The van der Waals surface area contributed by atoms with Crippen molar-refractivity contribution in [3.8, 4) is 0 Å². The van der Waals surface area contributed by atoms with Crippen LogP contribution in [0.2, 0.25) is 0 Å². The van der Waals surface area contributed by atoms with E-state index in [1.807, 2.05) is 75.4 Å². The fraction of sp³-hybridized carbons (Fsp3) is 0.419. The van der Waals surface area contributed by atoms with Gasteiger partial charge in [0.1, 0.15) is 12.3 Å². The number of anilines is 1. The van der Waals surface area contributed by atoms with Crippen LogP contribution >= 0.6 is 11.6 Å². The molecule has 0 aromatic heterocycles. The lowest BCUT2D eigenvalue weighted by molar-refractivity contribution is -0.441. The first-order valence-corrected chi connectivity index (χ1v) is 41.6. The molecule has 2 unspecified atom stereocenters. The second-order valence-corrected chi connectivity index (χ2v) is 32.9.